The third-order valence-electron chi connectivity index (χ3n) is 3.77. The Morgan fingerprint density at radius 3 is 2.65 bits per heavy atom. The quantitative estimate of drug-likeness (QED) is 0.861. The Morgan fingerprint density at radius 2 is 2.05 bits per heavy atom. The molecule has 4 nitrogen and oxygen atoms in total. The van der Waals surface area contributed by atoms with Crippen molar-refractivity contribution in [1.29, 1.82) is 0 Å². The van der Waals surface area contributed by atoms with Crippen LogP contribution in [0.5, 0.6) is 0 Å². The number of anilines is 1. The van der Waals surface area contributed by atoms with Gasteiger partial charge in [-0.1, -0.05) is 6.07 Å². The van der Waals surface area contributed by atoms with Crippen molar-refractivity contribution in [1.82, 2.24) is 0 Å². The van der Waals surface area contributed by atoms with E-state index in [-0.39, 0.29) is 0 Å². The summed E-state index contributed by atoms with van der Waals surface area (Å²) >= 11 is 3.59. The Balaban J connectivity index is 1.79. The highest BCUT2D eigenvalue weighted by molar-refractivity contribution is 9.10. The summed E-state index contributed by atoms with van der Waals surface area (Å²) in [6.07, 6.45) is 5.76. The van der Waals surface area contributed by atoms with E-state index in [0.29, 0.717) is 12.2 Å². The van der Waals surface area contributed by atoms with E-state index in [1.54, 1.807) is 6.08 Å². The first-order valence-electron chi connectivity index (χ1n) is 6.73. The average Bonchev–Trinajstić information content (AvgIpc) is 2.75. The zero-order chi connectivity index (χ0) is 14.1. The molecule has 106 valence electrons. The van der Waals surface area contributed by atoms with Gasteiger partial charge in [0.2, 0.25) is 0 Å². The van der Waals surface area contributed by atoms with Gasteiger partial charge in [0.15, 0.2) is 0 Å². The van der Waals surface area contributed by atoms with Crippen molar-refractivity contribution < 1.29 is 14.6 Å². The van der Waals surface area contributed by atoms with Crippen LogP contribution in [-0.2, 0) is 9.53 Å². The van der Waals surface area contributed by atoms with Gasteiger partial charge in [0, 0.05) is 23.6 Å². The number of aliphatic carboxylic acids is 1. The minimum Gasteiger partial charge on any atom is -0.478 e. The van der Waals surface area contributed by atoms with Crippen molar-refractivity contribution in [2.45, 2.75) is 25.0 Å². The lowest BCUT2D eigenvalue weighted by molar-refractivity contribution is -0.131. The van der Waals surface area contributed by atoms with Gasteiger partial charge in [-0.25, -0.2) is 4.79 Å². The van der Waals surface area contributed by atoms with Crippen molar-refractivity contribution in [2.75, 3.05) is 18.0 Å². The number of nitrogens with zero attached hydrogens (tertiary/aromatic N) is 1. The number of carboxylic acids is 1. The van der Waals surface area contributed by atoms with Crippen molar-refractivity contribution in [3.63, 3.8) is 0 Å². The monoisotopic (exact) mass is 337 g/mol. The molecule has 0 saturated carbocycles. The van der Waals surface area contributed by atoms with Crippen LogP contribution in [0.2, 0.25) is 0 Å². The number of rotatable bonds is 3. The lowest BCUT2D eigenvalue weighted by Gasteiger charge is -2.34. The van der Waals surface area contributed by atoms with Gasteiger partial charge in [0.05, 0.1) is 17.9 Å². The summed E-state index contributed by atoms with van der Waals surface area (Å²) < 4.78 is 6.84. The summed E-state index contributed by atoms with van der Waals surface area (Å²) in [4.78, 5) is 12.9. The normalized spacial score (nSPS) is 25.4. The molecule has 2 unspecified atom stereocenters. The third-order valence-corrected chi connectivity index (χ3v) is 4.41. The van der Waals surface area contributed by atoms with Crippen LogP contribution in [0, 0.1) is 0 Å². The van der Waals surface area contributed by atoms with Crippen LogP contribution in [0.1, 0.15) is 18.4 Å². The molecule has 2 fully saturated rings. The fraction of sp³-hybridized carbons (Fsp3) is 0.400. The Bertz CT molecular complexity index is 546. The highest BCUT2D eigenvalue weighted by Crippen LogP contribution is 2.34. The number of hydrogen-bond acceptors (Lipinski definition) is 3. The highest BCUT2D eigenvalue weighted by Gasteiger charge is 2.34. The molecule has 1 aromatic carbocycles. The first-order chi connectivity index (χ1) is 9.61. The molecule has 2 aliphatic heterocycles. The van der Waals surface area contributed by atoms with E-state index in [2.05, 4.69) is 20.8 Å². The molecule has 0 amide bonds. The Kier molecular flexibility index (Phi) is 3.81. The first-order valence-corrected chi connectivity index (χ1v) is 7.52. The summed E-state index contributed by atoms with van der Waals surface area (Å²) in [5.74, 6) is -0.935. The number of hydrogen-bond donors (Lipinski definition) is 1. The lowest BCUT2D eigenvalue weighted by Crippen LogP contribution is -2.42. The minimum atomic E-state index is -0.935. The molecule has 5 heteroatoms. The molecule has 2 atom stereocenters. The molecule has 2 saturated heterocycles. The first kappa shape index (κ1) is 13.6. The van der Waals surface area contributed by atoms with E-state index >= 15 is 0 Å². The summed E-state index contributed by atoms with van der Waals surface area (Å²) in [6, 6.07) is 5.93. The molecule has 3 rings (SSSR count). The average molecular weight is 338 g/mol. The number of ether oxygens (including phenoxy) is 1. The van der Waals surface area contributed by atoms with Crippen molar-refractivity contribution in [2.24, 2.45) is 0 Å². The molecule has 0 aliphatic carbocycles. The van der Waals surface area contributed by atoms with Gasteiger partial charge < -0.3 is 14.7 Å². The maximum atomic E-state index is 10.5. The van der Waals surface area contributed by atoms with Crippen molar-refractivity contribution in [3.8, 4) is 0 Å². The zero-order valence-corrected chi connectivity index (χ0v) is 12.5. The van der Waals surface area contributed by atoms with Crippen LogP contribution in [0.4, 0.5) is 5.69 Å². The van der Waals surface area contributed by atoms with Gasteiger partial charge in [0.1, 0.15) is 0 Å². The second-order valence-electron chi connectivity index (χ2n) is 5.24. The summed E-state index contributed by atoms with van der Waals surface area (Å²) in [5, 5.41) is 8.65. The number of halogens is 1. The van der Waals surface area contributed by atoms with Gasteiger partial charge in [-0.15, -0.1) is 0 Å². The SMILES string of the molecule is O=C(O)/C=C/c1ccc(N2CC3CCC(C2)O3)c(Br)c1. The molecular formula is C15H16BrNO3. The van der Waals surface area contributed by atoms with Crippen LogP contribution < -0.4 is 4.90 Å². The van der Waals surface area contributed by atoms with Crippen LogP contribution in [0.15, 0.2) is 28.7 Å². The number of benzene rings is 1. The molecular weight excluding hydrogens is 322 g/mol. The van der Waals surface area contributed by atoms with E-state index in [4.69, 9.17) is 9.84 Å². The maximum absolute atomic E-state index is 10.5. The number of carbonyl (C=O) groups is 1. The van der Waals surface area contributed by atoms with Gasteiger partial charge in [-0.2, -0.15) is 0 Å². The van der Waals surface area contributed by atoms with Crippen LogP contribution in [0.3, 0.4) is 0 Å². The molecule has 2 aliphatic rings. The number of fused-ring (bicyclic) bond motifs is 2. The lowest BCUT2D eigenvalue weighted by atomic mass is 10.1. The van der Waals surface area contributed by atoms with Crippen molar-refractivity contribution >= 4 is 33.7 Å². The number of carboxylic acid groups (broad SMARTS) is 1. The van der Waals surface area contributed by atoms with Gasteiger partial charge in [-0.05, 0) is 52.5 Å². The van der Waals surface area contributed by atoms with Gasteiger partial charge in [0.25, 0.3) is 0 Å². The molecule has 2 heterocycles. The summed E-state index contributed by atoms with van der Waals surface area (Å²) in [7, 11) is 0. The topological polar surface area (TPSA) is 49.8 Å². The van der Waals surface area contributed by atoms with Gasteiger partial charge in [-0.3, -0.25) is 0 Å². The second-order valence-corrected chi connectivity index (χ2v) is 6.10. The molecule has 0 spiro atoms. The molecule has 20 heavy (non-hydrogen) atoms. The Morgan fingerprint density at radius 1 is 1.35 bits per heavy atom. The van der Waals surface area contributed by atoms with Gasteiger partial charge >= 0.3 is 5.97 Å². The van der Waals surface area contributed by atoms with Crippen LogP contribution in [0.25, 0.3) is 6.08 Å². The van der Waals surface area contributed by atoms with E-state index in [0.717, 1.165) is 47.7 Å². The van der Waals surface area contributed by atoms with Crippen LogP contribution in [-0.4, -0.2) is 36.4 Å². The minimum absolute atomic E-state index is 0.354. The summed E-state index contributed by atoms with van der Waals surface area (Å²) in [5.41, 5.74) is 2.02. The number of morpholine rings is 1. The Hall–Kier alpha value is -1.33. The smallest absolute Gasteiger partial charge is 0.328 e. The largest absolute Gasteiger partial charge is 0.478 e. The maximum Gasteiger partial charge on any atom is 0.328 e. The third kappa shape index (κ3) is 2.88. The predicted octanol–water partition coefficient (Wildman–Crippen LogP) is 2.91. The fourth-order valence-electron chi connectivity index (χ4n) is 2.86. The molecule has 0 aromatic heterocycles. The Labute approximate surface area is 126 Å². The predicted molar refractivity (Wildman–Crippen MR) is 80.9 cm³/mol. The molecule has 0 radical (unpaired) electrons. The van der Waals surface area contributed by atoms with E-state index in [1.165, 1.54) is 0 Å². The van der Waals surface area contributed by atoms with E-state index in [9.17, 15) is 4.79 Å². The second kappa shape index (κ2) is 5.58. The zero-order valence-electron chi connectivity index (χ0n) is 11.0. The van der Waals surface area contributed by atoms with Crippen molar-refractivity contribution in [3.05, 3.63) is 34.3 Å². The van der Waals surface area contributed by atoms with E-state index < -0.39 is 5.97 Å². The molecule has 1 N–H and O–H groups in total. The molecule has 2 bridgehead atoms. The summed E-state index contributed by atoms with van der Waals surface area (Å²) in [6.45, 7) is 1.86. The highest BCUT2D eigenvalue weighted by atomic mass is 79.9. The fourth-order valence-corrected chi connectivity index (χ4v) is 3.51. The molecule has 1 aromatic rings. The van der Waals surface area contributed by atoms with E-state index in [1.807, 2.05) is 18.2 Å². The van der Waals surface area contributed by atoms with Crippen LogP contribution >= 0.6 is 15.9 Å². The standard InChI is InChI=1S/C15H16BrNO3/c16-13-7-10(2-6-15(18)19)1-5-14(13)17-8-11-3-4-12(9-17)20-11/h1-2,5-7,11-12H,3-4,8-9H2,(H,18,19)/b6-2+.